The van der Waals surface area contributed by atoms with Crippen molar-refractivity contribution < 1.29 is 14.4 Å². The van der Waals surface area contributed by atoms with Crippen LogP contribution in [0.15, 0.2) is 78.9 Å². The molecule has 4 rings (SSSR count). The molecule has 0 fully saturated rings. The Balaban J connectivity index is 1.36. The maximum atomic E-state index is 12.8. The van der Waals surface area contributed by atoms with Crippen LogP contribution >= 0.6 is 0 Å². The summed E-state index contributed by atoms with van der Waals surface area (Å²) in [5.74, 6) is -0.211. The third-order valence-electron chi connectivity index (χ3n) is 5.65. The van der Waals surface area contributed by atoms with E-state index in [-0.39, 0.29) is 30.3 Å². The first-order valence-corrected chi connectivity index (χ1v) is 10.9. The van der Waals surface area contributed by atoms with Crippen LogP contribution in [0, 0.1) is 0 Å². The standard InChI is InChI=1S/C26H26N4O3/c1-18(31)30-16-15-19-7-5-6-10-23(19)24(30)17-25(32)27-21-11-13-22(14-12-21)29-26(33)28-20-8-3-2-4-9-20/h2-14,24H,15-17H2,1H3,(H,27,32)(H2,28,29,33). The molecular formula is C26H26N4O3. The highest BCUT2D eigenvalue weighted by atomic mass is 16.2. The Kier molecular flexibility index (Phi) is 6.69. The van der Waals surface area contributed by atoms with Gasteiger partial charge in [0.15, 0.2) is 0 Å². The summed E-state index contributed by atoms with van der Waals surface area (Å²) in [4.78, 5) is 38.8. The Morgan fingerprint density at radius 1 is 0.788 bits per heavy atom. The third-order valence-corrected chi connectivity index (χ3v) is 5.65. The normalized spacial score (nSPS) is 14.7. The highest BCUT2D eigenvalue weighted by Gasteiger charge is 2.30. The minimum absolute atomic E-state index is 0.0356. The number of nitrogens with zero attached hydrogens (tertiary/aromatic N) is 1. The van der Waals surface area contributed by atoms with Crippen LogP contribution < -0.4 is 16.0 Å². The van der Waals surface area contributed by atoms with Crippen molar-refractivity contribution >= 4 is 34.9 Å². The van der Waals surface area contributed by atoms with Crippen LogP contribution in [0.3, 0.4) is 0 Å². The number of fused-ring (bicyclic) bond motifs is 1. The van der Waals surface area contributed by atoms with Gasteiger partial charge in [0, 0.05) is 30.5 Å². The van der Waals surface area contributed by atoms with E-state index >= 15 is 0 Å². The van der Waals surface area contributed by atoms with Crippen molar-refractivity contribution in [3.05, 3.63) is 90.0 Å². The van der Waals surface area contributed by atoms with Crippen molar-refractivity contribution in [2.75, 3.05) is 22.5 Å². The quantitative estimate of drug-likeness (QED) is 0.530. The molecule has 7 heteroatoms. The first-order chi connectivity index (χ1) is 16.0. The lowest BCUT2D eigenvalue weighted by Gasteiger charge is -2.36. The van der Waals surface area contributed by atoms with E-state index in [9.17, 15) is 14.4 Å². The fraction of sp³-hybridized carbons (Fsp3) is 0.192. The Morgan fingerprint density at radius 2 is 1.36 bits per heavy atom. The molecule has 3 N–H and O–H groups in total. The molecule has 33 heavy (non-hydrogen) atoms. The SMILES string of the molecule is CC(=O)N1CCc2ccccc2C1CC(=O)Nc1ccc(NC(=O)Nc2ccccc2)cc1. The van der Waals surface area contributed by atoms with Gasteiger partial charge in [-0.05, 0) is 53.9 Å². The number of anilines is 3. The van der Waals surface area contributed by atoms with Crippen LogP contribution in [0.25, 0.3) is 0 Å². The van der Waals surface area contributed by atoms with Crippen LogP contribution in [0.1, 0.15) is 30.5 Å². The van der Waals surface area contributed by atoms with Gasteiger partial charge in [0.1, 0.15) is 0 Å². The summed E-state index contributed by atoms with van der Waals surface area (Å²) in [7, 11) is 0. The molecule has 1 aliphatic heterocycles. The van der Waals surface area contributed by atoms with Gasteiger partial charge in [-0.2, -0.15) is 0 Å². The monoisotopic (exact) mass is 442 g/mol. The summed E-state index contributed by atoms with van der Waals surface area (Å²) < 4.78 is 0. The zero-order chi connectivity index (χ0) is 23.2. The topological polar surface area (TPSA) is 90.5 Å². The molecule has 1 atom stereocenters. The van der Waals surface area contributed by atoms with E-state index in [0.717, 1.165) is 12.0 Å². The van der Waals surface area contributed by atoms with Crippen LogP contribution in [0.4, 0.5) is 21.9 Å². The van der Waals surface area contributed by atoms with Crippen LogP contribution in [-0.4, -0.2) is 29.3 Å². The molecule has 0 aromatic heterocycles. The number of para-hydroxylation sites is 1. The van der Waals surface area contributed by atoms with Gasteiger partial charge in [-0.1, -0.05) is 42.5 Å². The summed E-state index contributed by atoms with van der Waals surface area (Å²) in [5, 5.41) is 8.41. The van der Waals surface area contributed by atoms with Crippen LogP contribution in [0.2, 0.25) is 0 Å². The third kappa shape index (κ3) is 5.57. The van der Waals surface area contributed by atoms with E-state index in [0.29, 0.717) is 23.6 Å². The van der Waals surface area contributed by atoms with Gasteiger partial charge in [-0.25, -0.2) is 4.79 Å². The molecule has 0 saturated heterocycles. The van der Waals surface area contributed by atoms with E-state index < -0.39 is 0 Å². The molecule has 3 aromatic carbocycles. The van der Waals surface area contributed by atoms with Crippen molar-refractivity contribution in [2.45, 2.75) is 25.8 Å². The number of urea groups is 1. The number of hydrogen-bond acceptors (Lipinski definition) is 3. The Labute approximate surface area is 192 Å². The van der Waals surface area contributed by atoms with Gasteiger partial charge in [0.05, 0.1) is 12.5 Å². The van der Waals surface area contributed by atoms with Crippen molar-refractivity contribution in [1.82, 2.24) is 4.90 Å². The van der Waals surface area contributed by atoms with E-state index in [1.54, 1.807) is 48.2 Å². The molecule has 0 saturated carbocycles. The minimum atomic E-state index is -0.349. The predicted octanol–water partition coefficient (Wildman–Crippen LogP) is 4.81. The van der Waals surface area contributed by atoms with Gasteiger partial charge in [-0.3, -0.25) is 9.59 Å². The molecule has 1 unspecified atom stereocenters. The predicted molar refractivity (Wildman–Crippen MR) is 129 cm³/mol. The smallest absolute Gasteiger partial charge is 0.323 e. The summed E-state index contributed by atoms with van der Waals surface area (Å²) in [5.41, 5.74) is 4.12. The molecule has 4 amide bonds. The fourth-order valence-electron chi connectivity index (χ4n) is 4.09. The average molecular weight is 443 g/mol. The van der Waals surface area contributed by atoms with Crippen LogP contribution in [0.5, 0.6) is 0 Å². The number of carbonyl (C=O) groups is 3. The molecule has 0 bridgehead atoms. The van der Waals surface area contributed by atoms with E-state index in [4.69, 9.17) is 0 Å². The molecule has 0 spiro atoms. The lowest BCUT2D eigenvalue weighted by atomic mass is 9.90. The van der Waals surface area contributed by atoms with E-state index in [2.05, 4.69) is 22.0 Å². The maximum Gasteiger partial charge on any atom is 0.323 e. The molecule has 1 aliphatic rings. The zero-order valence-electron chi connectivity index (χ0n) is 18.4. The zero-order valence-corrected chi connectivity index (χ0v) is 18.4. The van der Waals surface area contributed by atoms with Crippen molar-refractivity contribution in [3.8, 4) is 0 Å². The second-order valence-electron chi connectivity index (χ2n) is 7.95. The molecule has 168 valence electrons. The molecule has 0 aliphatic carbocycles. The summed E-state index contributed by atoms with van der Waals surface area (Å²) in [6, 6.07) is 23.4. The van der Waals surface area contributed by atoms with Crippen molar-refractivity contribution in [1.29, 1.82) is 0 Å². The van der Waals surface area contributed by atoms with Crippen LogP contribution in [-0.2, 0) is 16.0 Å². The number of nitrogens with one attached hydrogen (secondary N) is 3. The summed E-state index contributed by atoms with van der Waals surface area (Å²) in [6.07, 6.45) is 0.969. The van der Waals surface area contributed by atoms with Gasteiger partial charge in [0.25, 0.3) is 0 Å². The second kappa shape index (κ2) is 9.99. The first kappa shape index (κ1) is 22.1. The lowest BCUT2D eigenvalue weighted by molar-refractivity contribution is -0.132. The minimum Gasteiger partial charge on any atom is -0.335 e. The Morgan fingerprint density at radius 3 is 2.03 bits per heavy atom. The van der Waals surface area contributed by atoms with Gasteiger partial charge in [-0.15, -0.1) is 0 Å². The average Bonchev–Trinajstić information content (AvgIpc) is 2.81. The Bertz CT molecular complexity index is 1150. The van der Waals surface area contributed by atoms with E-state index in [1.165, 1.54) is 5.56 Å². The highest BCUT2D eigenvalue weighted by Crippen LogP contribution is 2.32. The van der Waals surface area contributed by atoms with Crippen molar-refractivity contribution in [3.63, 3.8) is 0 Å². The lowest BCUT2D eigenvalue weighted by Crippen LogP contribution is -2.40. The number of amides is 4. The maximum absolute atomic E-state index is 12.8. The number of rotatable bonds is 5. The van der Waals surface area contributed by atoms with E-state index in [1.807, 2.05) is 36.4 Å². The second-order valence-corrected chi connectivity index (χ2v) is 7.95. The molecular weight excluding hydrogens is 416 g/mol. The first-order valence-electron chi connectivity index (χ1n) is 10.9. The van der Waals surface area contributed by atoms with Gasteiger partial charge >= 0.3 is 6.03 Å². The van der Waals surface area contributed by atoms with Crippen molar-refractivity contribution in [2.24, 2.45) is 0 Å². The molecule has 7 nitrogen and oxygen atoms in total. The molecule has 3 aromatic rings. The Hall–Kier alpha value is -4.13. The summed E-state index contributed by atoms with van der Waals surface area (Å²) in [6.45, 7) is 2.15. The van der Waals surface area contributed by atoms with Gasteiger partial charge in [0.2, 0.25) is 11.8 Å². The number of carbonyl (C=O) groups excluding carboxylic acids is 3. The van der Waals surface area contributed by atoms with Gasteiger partial charge < -0.3 is 20.9 Å². The molecule has 0 radical (unpaired) electrons. The number of benzene rings is 3. The fourth-order valence-corrected chi connectivity index (χ4v) is 4.09. The largest absolute Gasteiger partial charge is 0.335 e. The highest BCUT2D eigenvalue weighted by molar-refractivity contribution is 6.00. The summed E-state index contributed by atoms with van der Waals surface area (Å²) >= 11 is 0. The molecule has 1 heterocycles. The number of hydrogen-bond donors (Lipinski definition) is 3.